The average molecular weight is 369 g/mol. The predicted molar refractivity (Wildman–Crippen MR) is 97.7 cm³/mol. The van der Waals surface area contributed by atoms with Gasteiger partial charge in [0.2, 0.25) is 0 Å². The van der Waals surface area contributed by atoms with Crippen LogP contribution in [-0.4, -0.2) is 28.9 Å². The number of carbonyl (C=O) groups is 2. The summed E-state index contributed by atoms with van der Waals surface area (Å²) in [6.45, 7) is 2.52. The van der Waals surface area contributed by atoms with E-state index in [1.165, 1.54) is 5.56 Å². The molecular weight excluding hydrogens is 352 g/mol. The van der Waals surface area contributed by atoms with E-state index in [1.54, 1.807) is 29.3 Å². The molecule has 1 saturated heterocycles. The molecular formula is C19H17ClN4O2. The van der Waals surface area contributed by atoms with E-state index >= 15 is 0 Å². The van der Waals surface area contributed by atoms with Crippen molar-refractivity contribution < 1.29 is 9.59 Å². The molecule has 0 N–H and O–H groups in total. The SMILES string of the molecule is CCc1ccc(CN2N=N[C@@H]3C(=O)N(c4ccccc4Cl)C(=O)[C@H]32)cc1. The first kappa shape index (κ1) is 16.7. The predicted octanol–water partition coefficient (Wildman–Crippen LogP) is 3.40. The third kappa shape index (κ3) is 2.66. The third-order valence-corrected chi connectivity index (χ3v) is 5.05. The van der Waals surface area contributed by atoms with E-state index in [0.29, 0.717) is 17.3 Å². The number of amides is 2. The minimum atomic E-state index is -0.811. The zero-order chi connectivity index (χ0) is 18.3. The van der Waals surface area contributed by atoms with Gasteiger partial charge in [0.25, 0.3) is 11.8 Å². The van der Waals surface area contributed by atoms with Crippen LogP contribution in [0, 0.1) is 0 Å². The highest BCUT2D eigenvalue weighted by molar-refractivity contribution is 6.36. The van der Waals surface area contributed by atoms with Gasteiger partial charge in [-0.05, 0) is 29.7 Å². The molecule has 2 amide bonds. The first-order valence-corrected chi connectivity index (χ1v) is 8.85. The maximum Gasteiger partial charge on any atom is 0.263 e. The second kappa shape index (κ2) is 6.53. The van der Waals surface area contributed by atoms with Crippen molar-refractivity contribution in [2.45, 2.75) is 32.0 Å². The standard InChI is InChI=1S/C19H17ClN4O2/c1-2-12-7-9-13(10-8-12)11-23-17-16(21-22-23)18(25)24(19(17)26)15-6-4-3-5-14(15)20/h3-10,16-17H,2,11H2,1H3/t16-,17-/m0/s1. The van der Waals surface area contributed by atoms with Crippen LogP contribution in [-0.2, 0) is 22.6 Å². The van der Waals surface area contributed by atoms with Crippen molar-refractivity contribution in [1.29, 1.82) is 0 Å². The lowest BCUT2D eigenvalue weighted by atomic mass is 10.1. The molecule has 4 rings (SSSR count). The van der Waals surface area contributed by atoms with E-state index < -0.39 is 12.1 Å². The smallest absolute Gasteiger partial charge is 0.263 e. The summed E-state index contributed by atoms with van der Waals surface area (Å²) in [7, 11) is 0. The van der Waals surface area contributed by atoms with Gasteiger partial charge in [-0.15, -0.1) is 0 Å². The number of hydrogen-bond acceptors (Lipinski definition) is 5. The lowest BCUT2D eigenvalue weighted by Gasteiger charge is -2.21. The van der Waals surface area contributed by atoms with Crippen molar-refractivity contribution in [3.05, 3.63) is 64.7 Å². The van der Waals surface area contributed by atoms with Gasteiger partial charge >= 0.3 is 0 Å². The number of nitrogens with zero attached hydrogens (tertiary/aromatic N) is 4. The van der Waals surface area contributed by atoms with Gasteiger partial charge in [0, 0.05) is 0 Å². The number of fused-ring (bicyclic) bond motifs is 1. The van der Waals surface area contributed by atoms with Crippen molar-refractivity contribution in [2.75, 3.05) is 4.90 Å². The highest BCUT2D eigenvalue weighted by Crippen LogP contribution is 2.35. The Morgan fingerprint density at radius 3 is 2.38 bits per heavy atom. The molecule has 0 aliphatic carbocycles. The fourth-order valence-corrected chi connectivity index (χ4v) is 3.51. The quantitative estimate of drug-likeness (QED) is 0.777. The number of carbonyl (C=O) groups excluding carboxylic acids is 2. The van der Waals surface area contributed by atoms with Crippen LogP contribution in [0.4, 0.5) is 5.69 Å². The highest BCUT2D eigenvalue weighted by Gasteiger charge is 2.55. The molecule has 2 atom stereocenters. The highest BCUT2D eigenvalue weighted by atomic mass is 35.5. The van der Waals surface area contributed by atoms with Crippen LogP contribution in [0.2, 0.25) is 5.02 Å². The van der Waals surface area contributed by atoms with Crippen LogP contribution in [0.5, 0.6) is 0 Å². The largest absolute Gasteiger partial charge is 0.271 e. The second-order valence-corrected chi connectivity index (χ2v) is 6.73. The number of para-hydroxylation sites is 1. The first-order valence-electron chi connectivity index (χ1n) is 8.47. The van der Waals surface area contributed by atoms with Crippen LogP contribution >= 0.6 is 11.6 Å². The van der Waals surface area contributed by atoms with Crippen molar-refractivity contribution in [3.8, 4) is 0 Å². The maximum atomic E-state index is 12.9. The van der Waals surface area contributed by atoms with Gasteiger partial charge in [0.1, 0.15) is 0 Å². The number of hydrogen-bond donors (Lipinski definition) is 0. The molecule has 0 radical (unpaired) electrons. The number of aryl methyl sites for hydroxylation is 1. The zero-order valence-corrected chi connectivity index (χ0v) is 14.9. The molecule has 0 saturated carbocycles. The van der Waals surface area contributed by atoms with Gasteiger partial charge in [0.15, 0.2) is 12.1 Å². The molecule has 0 unspecified atom stereocenters. The number of rotatable bonds is 4. The molecule has 7 heteroatoms. The van der Waals surface area contributed by atoms with E-state index in [4.69, 9.17) is 11.6 Å². The van der Waals surface area contributed by atoms with E-state index in [1.807, 2.05) is 12.1 Å². The van der Waals surface area contributed by atoms with Gasteiger partial charge < -0.3 is 0 Å². The Labute approximate surface area is 156 Å². The summed E-state index contributed by atoms with van der Waals surface area (Å²) < 4.78 is 0. The summed E-state index contributed by atoms with van der Waals surface area (Å²) in [5, 5.41) is 10.0. The second-order valence-electron chi connectivity index (χ2n) is 6.33. The molecule has 26 heavy (non-hydrogen) atoms. The molecule has 2 aromatic carbocycles. The molecule has 6 nitrogen and oxygen atoms in total. The molecule has 2 aliphatic heterocycles. The van der Waals surface area contributed by atoms with Crippen molar-refractivity contribution in [1.82, 2.24) is 5.01 Å². The van der Waals surface area contributed by atoms with Gasteiger partial charge in [-0.3, -0.25) is 14.6 Å². The Kier molecular flexibility index (Phi) is 4.20. The normalized spacial score (nSPS) is 21.6. The fourth-order valence-electron chi connectivity index (χ4n) is 3.29. The van der Waals surface area contributed by atoms with Crippen LogP contribution < -0.4 is 4.90 Å². The average Bonchev–Trinajstić information content (AvgIpc) is 3.17. The van der Waals surface area contributed by atoms with Gasteiger partial charge in [0.05, 0.1) is 17.3 Å². The molecule has 2 aromatic rings. The van der Waals surface area contributed by atoms with Crippen LogP contribution in [0.15, 0.2) is 58.9 Å². The number of imide groups is 1. The zero-order valence-electron chi connectivity index (χ0n) is 14.2. The number of halogens is 1. The van der Waals surface area contributed by atoms with Crippen molar-refractivity contribution in [2.24, 2.45) is 10.3 Å². The molecule has 2 heterocycles. The maximum absolute atomic E-state index is 12.9. The third-order valence-electron chi connectivity index (χ3n) is 4.73. The molecule has 0 spiro atoms. The summed E-state index contributed by atoms with van der Waals surface area (Å²) in [5.41, 5.74) is 2.64. The number of anilines is 1. The van der Waals surface area contributed by atoms with E-state index in [2.05, 4.69) is 29.4 Å². The molecule has 0 bridgehead atoms. The Hall–Kier alpha value is -2.73. The molecule has 0 aromatic heterocycles. The minimum absolute atomic E-state index is 0.344. The Balaban J connectivity index is 1.59. The molecule has 2 aliphatic rings. The summed E-state index contributed by atoms with van der Waals surface area (Å²) in [6, 6.07) is 13.4. The number of benzene rings is 2. The van der Waals surface area contributed by atoms with Gasteiger partial charge in [-0.1, -0.05) is 60.1 Å². The first-order chi connectivity index (χ1) is 12.6. The van der Waals surface area contributed by atoms with Crippen molar-refractivity contribution >= 4 is 29.1 Å². The Bertz CT molecular complexity index is 897. The van der Waals surface area contributed by atoms with E-state index in [0.717, 1.165) is 16.9 Å². The van der Waals surface area contributed by atoms with Crippen LogP contribution in [0.3, 0.4) is 0 Å². The van der Waals surface area contributed by atoms with E-state index in [-0.39, 0.29) is 11.8 Å². The fraction of sp³-hybridized carbons (Fsp3) is 0.263. The molecule has 132 valence electrons. The van der Waals surface area contributed by atoms with Crippen LogP contribution in [0.25, 0.3) is 0 Å². The van der Waals surface area contributed by atoms with Gasteiger partial charge in [-0.2, -0.15) is 5.11 Å². The van der Waals surface area contributed by atoms with Gasteiger partial charge in [-0.25, -0.2) is 4.90 Å². The topological polar surface area (TPSA) is 65.3 Å². The summed E-state index contributed by atoms with van der Waals surface area (Å²) in [6.07, 6.45) is 0.966. The summed E-state index contributed by atoms with van der Waals surface area (Å²) >= 11 is 6.17. The summed E-state index contributed by atoms with van der Waals surface area (Å²) in [4.78, 5) is 26.8. The molecule has 1 fully saturated rings. The summed E-state index contributed by atoms with van der Waals surface area (Å²) in [5.74, 6) is -0.732. The monoisotopic (exact) mass is 368 g/mol. The minimum Gasteiger partial charge on any atom is -0.271 e. The van der Waals surface area contributed by atoms with Crippen molar-refractivity contribution in [3.63, 3.8) is 0 Å². The Morgan fingerprint density at radius 1 is 1.00 bits per heavy atom. The lowest BCUT2D eigenvalue weighted by Crippen LogP contribution is -2.39. The van der Waals surface area contributed by atoms with E-state index in [9.17, 15) is 9.59 Å². The van der Waals surface area contributed by atoms with Crippen LogP contribution in [0.1, 0.15) is 18.1 Å². The lowest BCUT2D eigenvalue weighted by molar-refractivity contribution is -0.123. The Morgan fingerprint density at radius 2 is 1.69 bits per heavy atom.